The summed E-state index contributed by atoms with van der Waals surface area (Å²) in [6.07, 6.45) is -4.55. The molecule has 0 fully saturated rings. The van der Waals surface area contributed by atoms with Crippen LogP contribution in [0, 0.1) is 6.92 Å². The van der Waals surface area contributed by atoms with Crippen molar-refractivity contribution in [1.82, 2.24) is 9.78 Å². The largest absolute Gasteiger partial charge is 0.416 e. The molecule has 3 rings (SSSR count). The Balaban J connectivity index is 2.00. The number of nitrogens with zero attached hydrogens (tertiary/aromatic N) is 2. The van der Waals surface area contributed by atoms with E-state index < -0.39 is 28.8 Å². The molecule has 30 heavy (non-hydrogen) atoms. The van der Waals surface area contributed by atoms with Crippen molar-refractivity contribution in [1.29, 1.82) is 0 Å². The van der Waals surface area contributed by atoms with Gasteiger partial charge in [-0.05, 0) is 44.2 Å². The van der Waals surface area contributed by atoms with E-state index in [2.05, 4.69) is 10.4 Å². The lowest BCUT2D eigenvalue weighted by molar-refractivity contribution is -0.137. The Hall–Kier alpha value is -3.75. The molecule has 0 bridgehead atoms. The normalized spacial score (nSPS) is 11.2. The highest BCUT2D eigenvalue weighted by Crippen LogP contribution is 2.30. The van der Waals surface area contributed by atoms with Crippen LogP contribution < -0.4 is 10.7 Å². The quantitative estimate of drug-likeness (QED) is 0.653. The van der Waals surface area contributed by atoms with Gasteiger partial charge in [0.2, 0.25) is 5.43 Å². The number of aryl methyl sites for hydroxylation is 1. The lowest BCUT2D eigenvalue weighted by atomic mass is 10.1. The first-order valence-corrected chi connectivity index (χ1v) is 8.77. The van der Waals surface area contributed by atoms with E-state index in [0.29, 0.717) is 5.56 Å². The van der Waals surface area contributed by atoms with Crippen molar-refractivity contribution in [2.24, 2.45) is 0 Å². The average molecular weight is 415 g/mol. The van der Waals surface area contributed by atoms with E-state index in [1.807, 2.05) is 0 Å². The predicted octanol–water partition coefficient (Wildman–Crippen LogP) is 4.01. The van der Waals surface area contributed by atoms with Gasteiger partial charge < -0.3 is 5.32 Å². The van der Waals surface area contributed by atoms with Gasteiger partial charge in [0.1, 0.15) is 0 Å². The van der Waals surface area contributed by atoms with E-state index in [4.69, 9.17) is 0 Å². The Morgan fingerprint density at radius 3 is 2.40 bits per heavy atom. The van der Waals surface area contributed by atoms with Crippen molar-refractivity contribution >= 4 is 17.4 Å². The van der Waals surface area contributed by atoms with Crippen LogP contribution >= 0.6 is 0 Å². The van der Waals surface area contributed by atoms with Gasteiger partial charge in [0.05, 0.1) is 11.3 Å². The number of hydrogen-bond donors (Lipinski definition) is 1. The van der Waals surface area contributed by atoms with Crippen LogP contribution in [0.3, 0.4) is 0 Å². The lowest BCUT2D eigenvalue weighted by Crippen LogP contribution is -2.27. The number of aromatic nitrogens is 2. The van der Waals surface area contributed by atoms with Gasteiger partial charge in [-0.15, -0.1) is 0 Å². The first-order valence-electron chi connectivity index (χ1n) is 8.77. The van der Waals surface area contributed by atoms with Crippen molar-refractivity contribution in [3.63, 3.8) is 0 Å². The SMILES string of the molecule is CC(=O)c1cccc(NC(=O)c2nn(-c3cccc(C(F)(F)F)c3)c(C)cc2=O)c1. The number of carbonyl (C=O) groups is 2. The van der Waals surface area contributed by atoms with Crippen LogP contribution in [0.5, 0.6) is 0 Å². The molecule has 0 saturated heterocycles. The number of halogens is 3. The summed E-state index contributed by atoms with van der Waals surface area (Å²) < 4.78 is 40.2. The molecule has 0 saturated carbocycles. The smallest absolute Gasteiger partial charge is 0.320 e. The Bertz CT molecular complexity index is 1200. The molecular weight excluding hydrogens is 399 g/mol. The highest BCUT2D eigenvalue weighted by atomic mass is 19.4. The number of anilines is 1. The molecule has 0 aliphatic heterocycles. The van der Waals surface area contributed by atoms with Gasteiger partial charge in [-0.1, -0.05) is 18.2 Å². The zero-order valence-electron chi connectivity index (χ0n) is 15.9. The number of hydrogen-bond acceptors (Lipinski definition) is 4. The van der Waals surface area contributed by atoms with Crippen LogP contribution in [0.1, 0.15) is 39.0 Å². The topological polar surface area (TPSA) is 81.1 Å². The van der Waals surface area contributed by atoms with E-state index in [1.165, 1.54) is 38.1 Å². The van der Waals surface area contributed by atoms with E-state index in [0.717, 1.165) is 22.9 Å². The Morgan fingerprint density at radius 2 is 1.73 bits per heavy atom. The molecule has 154 valence electrons. The highest BCUT2D eigenvalue weighted by Gasteiger charge is 2.30. The van der Waals surface area contributed by atoms with Gasteiger partial charge in [-0.25, -0.2) is 4.68 Å². The molecule has 3 aromatic rings. The molecule has 1 N–H and O–H groups in total. The minimum atomic E-state index is -4.55. The zero-order valence-corrected chi connectivity index (χ0v) is 15.9. The summed E-state index contributed by atoms with van der Waals surface area (Å²) in [4.78, 5) is 36.4. The molecule has 2 aromatic carbocycles. The Kier molecular flexibility index (Phi) is 5.55. The van der Waals surface area contributed by atoms with E-state index in [-0.39, 0.29) is 22.9 Å². The number of amides is 1. The summed E-state index contributed by atoms with van der Waals surface area (Å²) in [7, 11) is 0. The van der Waals surface area contributed by atoms with E-state index in [1.54, 1.807) is 12.1 Å². The minimum Gasteiger partial charge on any atom is -0.320 e. The van der Waals surface area contributed by atoms with Crippen LogP contribution in [0.2, 0.25) is 0 Å². The van der Waals surface area contributed by atoms with Crippen molar-refractivity contribution < 1.29 is 22.8 Å². The van der Waals surface area contributed by atoms with Crippen LogP contribution in [0.25, 0.3) is 5.69 Å². The average Bonchev–Trinajstić information content (AvgIpc) is 2.67. The first-order chi connectivity index (χ1) is 14.1. The number of carbonyl (C=O) groups excluding carboxylic acids is 2. The number of alkyl halides is 3. The summed E-state index contributed by atoms with van der Waals surface area (Å²) in [5, 5.41) is 6.46. The number of ketones is 1. The van der Waals surface area contributed by atoms with Crippen molar-refractivity contribution in [2.75, 3.05) is 5.32 Å². The number of rotatable bonds is 4. The maximum Gasteiger partial charge on any atom is 0.416 e. The Labute approximate surface area is 169 Å². The molecule has 0 radical (unpaired) electrons. The van der Waals surface area contributed by atoms with Gasteiger partial charge in [0.15, 0.2) is 11.5 Å². The molecular formula is C21H16F3N3O3. The number of nitrogens with one attached hydrogen (secondary N) is 1. The van der Waals surface area contributed by atoms with Crippen LogP contribution in [0.4, 0.5) is 18.9 Å². The fourth-order valence-electron chi connectivity index (χ4n) is 2.79. The molecule has 0 aliphatic rings. The van der Waals surface area contributed by atoms with Gasteiger partial charge in [0.25, 0.3) is 5.91 Å². The summed E-state index contributed by atoms with van der Waals surface area (Å²) in [6.45, 7) is 2.86. The fourth-order valence-corrected chi connectivity index (χ4v) is 2.79. The highest BCUT2D eigenvalue weighted by molar-refractivity contribution is 6.03. The molecule has 1 heterocycles. The third-order valence-electron chi connectivity index (χ3n) is 4.27. The van der Waals surface area contributed by atoms with E-state index in [9.17, 15) is 27.6 Å². The predicted molar refractivity (Wildman–Crippen MR) is 104 cm³/mol. The molecule has 0 spiro atoms. The number of benzene rings is 2. The minimum absolute atomic E-state index is 0.0509. The van der Waals surface area contributed by atoms with Gasteiger partial charge in [0, 0.05) is 23.0 Å². The van der Waals surface area contributed by atoms with Crippen LogP contribution in [0.15, 0.2) is 59.4 Å². The van der Waals surface area contributed by atoms with Gasteiger partial charge >= 0.3 is 6.18 Å². The van der Waals surface area contributed by atoms with Crippen molar-refractivity contribution in [3.8, 4) is 5.69 Å². The second-order valence-corrected chi connectivity index (χ2v) is 6.55. The Morgan fingerprint density at radius 1 is 1.03 bits per heavy atom. The van der Waals surface area contributed by atoms with Crippen molar-refractivity contribution in [3.05, 3.63) is 87.3 Å². The van der Waals surface area contributed by atoms with Crippen LogP contribution in [-0.2, 0) is 6.18 Å². The van der Waals surface area contributed by atoms with Crippen LogP contribution in [-0.4, -0.2) is 21.5 Å². The van der Waals surface area contributed by atoms with Gasteiger partial charge in [-0.3, -0.25) is 14.4 Å². The summed E-state index contributed by atoms with van der Waals surface area (Å²) in [5.74, 6) is -1.05. The summed E-state index contributed by atoms with van der Waals surface area (Å²) in [6, 6.07) is 11.6. The monoisotopic (exact) mass is 415 g/mol. The molecule has 0 aliphatic carbocycles. The molecule has 1 aromatic heterocycles. The third kappa shape index (κ3) is 4.45. The van der Waals surface area contributed by atoms with E-state index >= 15 is 0 Å². The lowest BCUT2D eigenvalue weighted by Gasteiger charge is -2.13. The second-order valence-electron chi connectivity index (χ2n) is 6.55. The summed E-state index contributed by atoms with van der Waals surface area (Å²) >= 11 is 0. The fraction of sp³-hybridized carbons (Fsp3) is 0.143. The zero-order chi connectivity index (χ0) is 22.1. The van der Waals surface area contributed by atoms with Crippen molar-refractivity contribution in [2.45, 2.75) is 20.0 Å². The summed E-state index contributed by atoms with van der Waals surface area (Å²) in [5.41, 5.74) is -1.11. The molecule has 1 amide bonds. The maximum atomic E-state index is 13.0. The molecule has 6 nitrogen and oxygen atoms in total. The van der Waals surface area contributed by atoms with Gasteiger partial charge in [-0.2, -0.15) is 18.3 Å². The molecule has 0 atom stereocenters. The standard InChI is InChI=1S/C21H16F3N3O3/c1-12-9-18(29)19(20(30)25-16-7-3-5-14(10-16)13(2)28)26-27(12)17-8-4-6-15(11-17)21(22,23)24/h3-11H,1-2H3,(H,25,30). The second kappa shape index (κ2) is 7.94. The maximum absolute atomic E-state index is 13.0. The number of Topliss-reactive ketones (excluding diaryl/α,β-unsaturated/α-hetero) is 1. The molecule has 0 unspecified atom stereocenters. The first kappa shape index (κ1) is 21.0. The third-order valence-corrected chi connectivity index (χ3v) is 4.27. The molecule has 9 heteroatoms.